The highest BCUT2D eigenvalue weighted by atomic mass is 16.3. The van der Waals surface area contributed by atoms with Crippen LogP contribution in [-0.2, 0) is 6.61 Å². The lowest BCUT2D eigenvalue weighted by Crippen LogP contribution is -2.41. The predicted octanol–water partition coefficient (Wildman–Crippen LogP) is 2.44. The third-order valence-electron chi connectivity index (χ3n) is 4.03. The molecule has 2 N–H and O–H groups in total. The Balaban J connectivity index is 2.27. The van der Waals surface area contributed by atoms with E-state index in [1.807, 2.05) is 12.1 Å². The molecule has 20 heavy (non-hydrogen) atoms. The van der Waals surface area contributed by atoms with Crippen molar-refractivity contribution >= 4 is 5.82 Å². The monoisotopic (exact) mass is 278 g/mol. The topological polar surface area (TPSA) is 56.6 Å². The molecule has 1 aromatic rings. The fraction of sp³-hybridized carbons (Fsp3) is 0.688. The third kappa shape index (κ3) is 3.49. The summed E-state index contributed by atoms with van der Waals surface area (Å²) in [5.41, 5.74) is 1.95. The van der Waals surface area contributed by atoms with Crippen LogP contribution in [0.4, 0.5) is 5.82 Å². The summed E-state index contributed by atoms with van der Waals surface area (Å²) in [6.45, 7) is 5.33. The Morgan fingerprint density at radius 1 is 1.30 bits per heavy atom. The Labute approximate surface area is 121 Å². The molecular formula is C16H26N2O2. The third-order valence-corrected chi connectivity index (χ3v) is 4.03. The number of hydrogen-bond donors (Lipinski definition) is 2. The summed E-state index contributed by atoms with van der Waals surface area (Å²) in [6, 6.07) is 4.52. The van der Waals surface area contributed by atoms with E-state index in [-0.39, 0.29) is 13.2 Å². The zero-order chi connectivity index (χ0) is 14.5. The van der Waals surface area contributed by atoms with Gasteiger partial charge in [-0.15, -0.1) is 0 Å². The van der Waals surface area contributed by atoms with Gasteiger partial charge in [-0.2, -0.15) is 0 Å². The van der Waals surface area contributed by atoms with Gasteiger partial charge in [0.05, 0.1) is 6.61 Å². The predicted molar refractivity (Wildman–Crippen MR) is 80.9 cm³/mol. The quantitative estimate of drug-likeness (QED) is 0.804. The minimum Gasteiger partial charge on any atom is -0.396 e. The fourth-order valence-corrected chi connectivity index (χ4v) is 2.55. The van der Waals surface area contributed by atoms with Gasteiger partial charge in [0.25, 0.3) is 0 Å². The lowest BCUT2D eigenvalue weighted by molar-refractivity contribution is 0.279. The molecule has 4 nitrogen and oxygen atoms in total. The van der Waals surface area contributed by atoms with E-state index >= 15 is 0 Å². The number of anilines is 1. The molecule has 1 aliphatic carbocycles. The molecule has 1 heterocycles. The Morgan fingerprint density at radius 2 is 2.05 bits per heavy atom. The number of aliphatic hydroxyl groups is 2. The lowest BCUT2D eigenvalue weighted by Gasteiger charge is -2.39. The van der Waals surface area contributed by atoms with Gasteiger partial charge in [-0.3, -0.25) is 0 Å². The second kappa shape index (κ2) is 7.04. The van der Waals surface area contributed by atoms with E-state index in [9.17, 15) is 5.11 Å². The van der Waals surface area contributed by atoms with Crippen LogP contribution < -0.4 is 4.90 Å². The van der Waals surface area contributed by atoms with Gasteiger partial charge < -0.3 is 15.1 Å². The smallest absolute Gasteiger partial charge is 0.129 e. The van der Waals surface area contributed by atoms with Crippen LogP contribution >= 0.6 is 0 Å². The number of nitrogens with zero attached hydrogens (tertiary/aromatic N) is 2. The summed E-state index contributed by atoms with van der Waals surface area (Å²) in [5.74, 6) is 1.31. The van der Waals surface area contributed by atoms with E-state index in [4.69, 9.17) is 10.1 Å². The first-order valence-corrected chi connectivity index (χ1v) is 7.65. The first-order valence-electron chi connectivity index (χ1n) is 7.65. The summed E-state index contributed by atoms with van der Waals surface area (Å²) in [5, 5.41) is 18.5. The summed E-state index contributed by atoms with van der Waals surface area (Å²) < 4.78 is 0. The van der Waals surface area contributed by atoms with Crippen LogP contribution in [0.3, 0.4) is 0 Å². The highest BCUT2D eigenvalue weighted by Crippen LogP contribution is 2.30. The van der Waals surface area contributed by atoms with Crippen molar-refractivity contribution in [1.82, 2.24) is 4.98 Å². The van der Waals surface area contributed by atoms with E-state index in [0.29, 0.717) is 12.0 Å². The first kappa shape index (κ1) is 15.3. The first-order chi connectivity index (χ1) is 9.65. The molecule has 2 rings (SSSR count). The molecule has 112 valence electrons. The summed E-state index contributed by atoms with van der Waals surface area (Å²) in [6.07, 6.45) is 4.44. The van der Waals surface area contributed by atoms with E-state index in [0.717, 1.165) is 30.0 Å². The molecule has 0 unspecified atom stereocenters. The average Bonchev–Trinajstić information content (AvgIpc) is 2.40. The molecule has 0 saturated heterocycles. The maximum Gasteiger partial charge on any atom is 0.129 e. The Morgan fingerprint density at radius 3 is 2.55 bits per heavy atom. The molecule has 4 heteroatoms. The normalized spacial score (nSPS) is 15.4. The minimum absolute atomic E-state index is 0.0494. The molecule has 1 fully saturated rings. The van der Waals surface area contributed by atoms with Gasteiger partial charge in [0.1, 0.15) is 5.82 Å². The van der Waals surface area contributed by atoms with Crippen molar-refractivity contribution in [1.29, 1.82) is 0 Å². The van der Waals surface area contributed by atoms with Crippen molar-refractivity contribution in [2.75, 3.05) is 18.1 Å². The average molecular weight is 278 g/mol. The zero-order valence-corrected chi connectivity index (χ0v) is 12.5. The molecular weight excluding hydrogens is 252 g/mol. The maximum atomic E-state index is 9.45. The van der Waals surface area contributed by atoms with Crippen LogP contribution in [0.1, 0.15) is 56.7 Å². The highest BCUT2D eigenvalue weighted by molar-refractivity contribution is 5.44. The van der Waals surface area contributed by atoms with E-state index in [1.54, 1.807) is 0 Å². The van der Waals surface area contributed by atoms with Gasteiger partial charge in [-0.05, 0) is 49.3 Å². The Kier molecular flexibility index (Phi) is 5.38. The van der Waals surface area contributed by atoms with Crippen LogP contribution in [0, 0.1) is 0 Å². The Bertz CT molecular complexity index is 430. The summed E-state index contributed by atoms with van der Waals surface area (Å²) >= 11 is 0. The molecule has 0 radical (unpaired) electrons. The summed E-state index contributed by atoms with van der Waals surface area (Å²) in [7, 11) is 0. The van der Waals surface area contributed by atoms with Crippen molar-refractivity contribution in [2.24, 2.45) is 0 Å². The number of pyridine rings is 1. The number of hydrogen-bond acceptors (Lipinski definition) is 4. The lowest BCUT2D eigenvalue weighted by atomic mass is 9.91. The molecule has 0 atom stereocenters. The van der Waals surface area contributed by atoms with Gasteiger partial charge in [0, 0.05) is 24.9 Å². The fourth-order valence-electron chi connectivity index (χ4n) is 2.55. The van der Waals surface area contributed by atoms with Crippen molar-refractivity contribution in [3.8, 4) is 0 Å². The van der Waals surface area contributed by atoms with Crippen molar-refractivity contribution in [2.45, 2.75) is 58.1 Å². The van der Waals surface area contributed by atoms with Crippen LogP contribution in [0.15, 0.2) is 12.1 Å². The second-order valence-electron chi connectivity index (χ2n) is 5.93. The van der Waals surface area contributed by atoms with Gasteiger partial charge in [-0.1, -0.05) is 13.8 Å². The molecule has 0 aliphatic heterocycles. The van der Waals surface area contributed by atoms with E-state index in [2.05, 4.69) is 18.7 Å². The maximum absolute atomic E-state index is 9.45. The van der Waals surface area contributed by atoms with Crippen molar-refractivity contribution in [3.05, 3.63) is 23.4 Å². The molecule has 1 aromatic heterocycles. The Hall–Kier alpha value is -1.13. The number of aromatic nitrogens is 1. The number of aliphatic hydroxyl groups excluding tert-OH is 2. The zero-order valence-electron chi connectivity index (χ0n) is 12.5. The van der Waals surface area contributed by atoms with Crippen LogP contribution in [0.25, 0.3) is 0 Å². The summed E-state index contributed by atoms with van der Waals surface area (Å²) in [4.78, 5) is 7.08. The van der Waals surface area contributed by atoms with Gasteiger partial charge in [-0.25, -0.2) is 4.98 Å². The molecule has 0 spiro atoms. The highest BCUT2D eigenvalue weighted by Gasteiger charge is 2.26. The van der Waals surface area contributed by atoms with E-state index < -0.39 is 0 Å². The standard InChI is InChI=1S/C16H26N2O2/c1-12(2)15-9-13(11-20)10-16(17-15)18(7-4-8-19)14-5-3-6-14/h9-10,12,14,19-20H,3-8,11H2,1-2H3. The van der Waals surface area contributed by atoms with Gasteiger partial charge in [0.15, 0.2) is 0 Å². The van der Waals surface area contributed by atoms with Crippen LogP contribution in [0.2, 0.25) is 0 Å². The van der Waals surface area contributed by atoms with Crippen LogP contribution in [-0.4, -0.2) is 34.4 Å². The van der Waals surface area contributed by atoms with Gasteiger partial charge >= 0.3 is 0 Å². The SMILES string of the molecule is CC(C)c1cc(CO)cc(N(CCCO)C2CCC2)n1. The van der Waals surface area contributed by atoms with Gasteiger partial charge in [0.2, 0.25) is 0 Å². The van der Waals surface area contributed by atoms with E-state index in [1.165, 1.54) is 19.3 Å². The molecule has 0 bridgehead atoms. The minimum atomic E-state index is 0.0494. The molecule has 0 aromatic carbocycles. The van der Waals surface area contributed by atoms with Crippen LogP contribution in [0.5, 0.6) is 0 Å². The molecule has 1 saturated carbocycles. The van der Waals surface area contributed by atoms with Crippen molar-refractivity contribution < 1.29 is 10.2 Å². The van der Waals surface area contributed by atoms with Crippen molar-refractivity contribution in [3.63, 3.8) is 0 Å². The second-order valence-corrected chi connectivity index (χ2v) is 5.93. The molecule has 1 aliphatic rings. The molecule has 0 amide bonds. The number of rotatable bonds is 7. The largest absolute Gasteiger partial charge is 0.396 e.